The van der Waals surface area contributed by atoms with Gasteiger partial charge in [-0.25, -0.2) is 13.1 Å². The van der Waals surface area contributed by atoms with Gasteiger partial charge >= 0.3 is 0 Å². The van der Waals surface area contributed by atoms with Gasteiger partial charge in [0.15, 0.2) is 0 Å². The molecule has 1 fully saturated rings. The molecule has 1 aliphatic carbocycles. The van der Waals surface area contributed by atoms with Crippen molar-refractivity contribution in [1.29, 1.82) is 0 Å². The molecular formula is C15H21NO4S. The van der Waals surface area contributed by atoms with Crippen LogP contribution in [0.3, 0.4) is 0 Å². The molecule has 1 aliphatic heterocycles. The molecule has 2 aliphatic rings. The Morgan fingerprint density at radius 3 is 2.57 bits per heavy atom. The molecule has 1 atom stereocenters. The van der Waals surface area contributed by atoms with Crippen LogP contribution in [0, 0.1) is 13.8 Å². The molecule has 0 amide bonds. The summed E-state index contributed by atoms with van der Waals surface area (Å²) in [6.45, 7) is 3.63. The van der Waals surface area contributed by atoms with Gasteiger partial charge < -0.3 is 9.84 Å². The van der Waals surface area contributed by atoms with Crippen molar-refractivity contribution in [3.63, 3.8) is 0 Å². The van der Waals surface area contributed by atoms with Gasteiger partial charge in [-0.15, -0.1) is 0 Å². The summed E-state index contributed by atoms with van der Waals surface area (Å²) in [7, 11) is -3.33. The fourth-order valence-electron chi connectivity index (χ4n) is 3.45. The van der Waals surface area contributed by atoms with E-state index >= 15 is 0 Å². The number of aryl methyl sites for hydroxylation is 1. The first-order valence-corrected chi connectivity index (χ1v) is 9.09. The Labute approximate surface area is 125 Å². The molecule has 0 bridgehead atoms. The molecular weight excluding hydrogens is 290 g/mol. The van der Waals surface area contributed by atoms with Crippen LogP contribution in [-0.4, -0.2) is 25.4 Å². The molecule has 21 heavy (non-hydrogen) atoms. The van der Waals surface area contributed by atoms with Gasteiger partial charge in [-0.1, -0.05) is 0 Å². The number of benzene rings is 1. The summed E-state index contributed by atoms with van der Waals surface area (Å²) in [4.78, 5) is 0. The van der Waals surface area contributed by atoms with E-state index in [2.05, 4.69) is 4.72 Å². The summed E-state index contributed by atoms with van der Waals surface area (Å²) in [6.07, 6.45) is 4.80. The van der Waals surface area contributed by atoms with Gasteiger partial charge in [-0.3, -0.25) is 0 Å². The van der Waals surface area contributed by atoms with Gasteiger partial charge in [0.05, 0.1) is 12.3 Å². The second kappa shape index (κ2) is 4.61. The van der Waals surface area contributed by atoms with E-state index in [1.165, 1.54) is 6.26 Å². The number of hydrogen-bond donors (Lipinski definition) is 2. The average molecular weight is 311 g/mol. The summed E-state index contributed by atoms with van der Waals surface area (Å²) in [5, 5.41) is 10.1. The van der Waals surface area contributed by atoms with Crippen molar-refractivity contribution in [3.05, 3.63) is 22.8 Å². The predicted molar refractivity (Wildman–Crippen MR) is 80.1 cm³/mol. The minimum Gasteiger partial charge on any atom is -0.507 e. The summed E-state index contributed by atoms with van der Waals surface area (Å²) >= 11 is 0. The second-order valence-electron chi connectivity index (χ2n) is 6.36. The highest BCUT2D eigenvalue weighted by atomic mass is 32.2. The number of ether oxygens (including phenoxy) is 1. The van der Waals surface area contributed by atoms with Gasteiger partial charge in [0.25, 0.3) is 0 Å². The van der Waals surface area contributed by atoms with Crippen LogP contribution >= 0.6 is 0 Å². The van der Waals surface area contributed by atoms with E-state index in [1.807, 2.05) is 13.0 Å². The zero-order valence-corrected chi connectivity index (χ0v) is 13.4. The summed E-state index contributed by atoms with van der Waals surface area (Å²) < 4.78 is 32.2. The van der Waals surface area contributed by atoms with Crippen LogP contribution in [-0.2, 0) is 10.0 Å². The average Bonchev–Trinajstić information content (AvgIpc) is 2.31. The first-order chi connectivity index (χ1) is 9.71. The lowest BCUT2D eigenvalue weighted by atomic mass is 9.72. The number of nitrogens with one attached hydrogen (secondary N) is 1. The monoisotopic (exact) mass is 311 g/mol. The van der Waals surface area contributed by atoms with Crippen molar-refractivity contribution in [2.75, 3.05) is 6.26 Å². The van der Waals surface area contributed by atoms with E-state index in [1.54, 1.807) is 6.92 Å². The smallest absolute Gasteiger partial charge is 0.209 e. The third kappa shape index (κ3) is 2.51. The molecule has 1 saturated carbocycles. The van der Waals surface area contributed by atoms with Crippen molar-refractivity contribution in [3.8, 4) is 11.5 Å². The predicted octanol–water partition coefficient (Wildman–Crippen LogP) is 2.30. The molecule has 1 heterocycles. The third-order valence-electron chi connectivity index (χ3n) is 4.62. The van der Waals surface area contributed by atoms with Crippen molar-refractivity contribution < 1.29 is 18.3 Å². The minimum absolute atomic E-state index is 0.210. The summed E-state index contributed by atoms with van der Waals surface area (Å²) in [5.41, 5.74) is 1.97. The van der Waals surface area contributed by atoms with Crippen molar-refractivity contribution in [1.82, 2.24) is 4.72 Å². The molecule has 1 unspecified atom stereocenters. The number of hydrogen-bond acceptors (Lipinski definition) is 4. The highest BCUT2D eigenvalue weighted by Crippen LogP contribution is 2.51. The van der Waals surface area contributed by atoms with Crippen LogP contribution in [0.15, 0.2) is 6.07 Å². The zero-order valence-electron chi connectivity index (χ0n) is 12.6. The largest absolute Gasteiger partial charge is 0.507 e. The third-order valence-corrected chi connectivity index (χ3v) is 5.33. The molecule has 1 aromatic carbocycles. The number of phenolic OH excluding ortho intramolecular Hbond substituents is 1. The van der Waals surface area contributed by atoms with E-state index in [-0.39, 0.29) is 17.4 Å². The Balaban J connectivity index is 2.11. The molecule has 6 heteroatoms. The molecule has 0 aromatic heterocycles. The lowest BCUT2D eigenvalue weighted by Crippen LogP contribution is -2.49. The van der Waals surface area contributed by atoms with Crippen LogP contribution in [0.25, 0.3) is 0 Å². The zero-order chi connectivity index (χ0) is 15.4. The Kier molecular flexibility index (Phi) is 3.22. The lowest BCUT2D eigenvalue weighted by Gasteiger charge is -2.48. The Bertz CT molecular complexity index is 692. The SMILES string of the molecule is Cc1cc2c(c(C)c1O)C(NS(C)(=O)=O)CC1(CCC1)O2. The fourth-order valence-corrected chi connectivity index (χ4v) is 4.17. The lowest BCUT2D eigenvalue weighted by molar-refractivity contribution is -0.0348. The first kappa shape index (κ1) is 14.7. The van der Waals surface area contributed by atoms with E-state index in [4.69, 9.17) is 4.74 Å². The maximum Gasteiger partial charge on any atom is 0.209 e. The van der Waals surface area contributed by atoms with E-state index in [9.17, 15) is 13.5 Å². The fraction of sp³-hybridized carbons (Fsp3) is 0.600. The van der Waals surface area contributed by atoms with Crippen LogP contribution < -0.4 is 9.46 Å². The van der Waals surface area contributed by atoms with Gasteiger partial charge in [-0.05, 0) is 50.3 Å². The quantitative estimate of drug-likeness (QED) is 0.879. The van der Waals surface area contributed by atoms with Gasteiger partial charge in [0, 0.05) is 12.0 Å². The number of sulfonamides is 1. The molecule has 3 rings (SSSR count). The van der Waals surface area contributed by atoms with Crippen LogP contribution in [0.4, 0.5) is 0 Å². The molecule has 0 saturated heterocycles. The molecule has 1 spiro atoms. The number of fused-ring (bicyclic) bond motifs is 1. The maximum atomic E-state index is 11.7. The topological polar surface area (TPSA) is 75.6 Å². The maximum absolute atomic E-state index is 11.7. The highest BCUT2D eigenvalue weighted by molar-refractivity contribution is 7.88. The Morgan fingerprint density at radius 2 is 2.05 bits per heavy atom. The van der Waals surface area contributed by atoms with E-state index in [0.29, 0.717) is 17.7 Å². The van der Waals surface area contributed by atoms with Crippen molar-refractivity contribution >= 4 is 10.0 Å². The van der Waals surface area contributed by atoms with Crippen LogP contribution in [0.1, 0.15) is 48.4 Å². The standard InChI is InChI=1S/C15H21NO4S/c1-9-7-12-13(10(2)14(9)17)11(16-21(3,18)19)8-15(20-12)5-4-6-15/h7,11,16-17H,4-6,8H2,1-3H3. The van der Waals surface area contributed by atoms with Crippen LogP contribution in [0.2, 0.25) is 0 Å². The Hall–Kier alpha value is -1.27. The molecule has 1 aromatic rings. The minimum atomic E-state index is -3.33. The molecule has 116 valence electrons. The molecule has 5 nitrogen and oxygen atoms in total. The number of phenols is 1. The Morgan fingerprint density at radius 1 is 1.38 bits per heavy atom. The molecule has 2 N–H and O–H groups in total. The normalized spacial score (nSPS) is 23.3. The molecule has 0 radical (unpaired) electrons. The van der Waals surface area contributed by atoms with Crippen molar-refractivity contribution in [2.45, 2.75) is 51.2 Å². The van der Waals surface area contributed by atoms with Gasteiger partial charge in [0.1, 0.15) is 17.1 Å². The van der Waals surface area contributed by atoms with Gasteiger partial charge in [0.2, 0.25) is 10.0 Å². The number of aromatic hydroxyl groups is 1. The highest BCUT2D eigenvalue weighted by Gasteiger charge is 2.47. The van der Waals surface area contributed by atoms with Gasteiger partial charge in [-0.2, -0.15) is 0 Å². The summed E-state index contributed by atoms with van der Waals surface area (Å²) in [5.74, 6) is 0.914. The van der Waals surface area contributed by atoms with E-state index in [0.717, 1.165) is 30.4 Å². The second-order valence-corrected chi connectivity index (χ2v) is 8.14. The summed E-state index contributed by atoms with van der Waals surface area (Å²) in [6, 6.07) is 1.48. The number of rotatable bonds is 2. The first-order valence-electron chi connectivity index (χ1n) is 7.20. The van der Waals surface area contributed by atoms with Crippen LogP contribution in [0.5, 0.6) is 11.5 Å². The van der Waals surface area contributed by atoms with Crippen molar-refractivity contribution in [2.24, 2.45) is 0 Å². The van der Waals surface area contributed by atoms with E-state index < -0.39 is 10.0 Å².